The summed E-state index contributed by atoms with van der Waals surface area (Å²) in [6.07, 6.45) is 0. The molecule has 0 radical (unpaired) electrons. The third-order valence-corrected chi connectivity index (χ3v) is 14.9. The number of benzene rings is 10. The largest absolute Gasteiger partial charge is 0.309 e. The van der Waals surface area contributed by atoms with Crippen molar-refractivity contribution in [3.8, 4) is 40.2 Å². The van der Waals surface area contributed by atoms with Gasteiger partial charge in [0.1, 0.15) is 11.2 Å². The lowest BCUT2D eigenvalue weighted by molar-refractivity contribution is 0.954. The van der Waals surface area contributed by atoms with Crippen LogP contribution in [0.25, 0.3) is 139 Å². The van der Waals surface area contributed by atoms with Crippen LogP contribution in [0.2, 0.25) is 0 Å². The van der Waals surface area contributed by atoms with E-state index >= 15 is 0 Å². The standard InChI is InChI=1S/C65H40N8/c1-5-21-41(22-6-1)58-62-63(67-64(66-58)72-55-36-20-16-32-51(55)57-56(72)40-39-48-45-29-13-17-33-52(45)69(59(48)57)42-23-7-2-8-24-42)68-65(71(62)44-27-11-4-12-28-44)73-54-35-19-15-31-47(54)50-38-37-49-46-30-14-18-34-53(46)70(60(49)61(50)73)43-25-9-3-10-26-43/h1-40H. The topological polar surface area (TPSA) is 63.3 Å². The van der Waals surface area contributed by atoms with E-state index in [4.69, 9.17) is 15.0 Å². The first-order valence-electron chi connectivity index (χ1n) is 24.7. The molecule has 73 heavy (non-hydrogen) atoms. The number of nitrogens with zero attached hydrogens (tertiary/aromatic N) is 8. The molecule has 0 saturated heterocycles. The molecular formula is C65H40N8. The molecular weight excluding hydrogens is 893 g/mol. The van der Waals surface area contributed by atoms with Crippen molar-refractivity contribution in [3.63, 3.8) is 0 Å². The van der Waals surface area contributed by atoms with Crippen molar-refractivity contribution in [1.29, 1.82) is 0 Å². The zero-order chi connectivity index (χ0) is 47.7. The highest BCUT2D eigenvalue weighted by Gasteiger charge is 2.29. The lowest BCUT2D eigenvalue weighted by atomic mass is 10.1. The van der Waals surface area contributed by atoms with Crippen LogP contribution in [0, 0.1) is 0 Å². The zero-order valence-electron chi connectivity index (χ0n) is 39.2. The number of para-hydroxylation sites is 7. The van der Waals surface area contributed by atoms with Crippen molar-refractivity contribution in [1.82, 2.24) is 37.8 Å². The van der Waals surface area contributed by atoms with Crippen molar-refractivity contribution in [2.45, 2.75) is 0 Å². The quantitative estimate of drug-likeness (QED) is 0.167. The molecule has 0 amide bonds. The average Bonchev–Trinajstić information content (AvgIpc) is 4.30. The fourth-order valence-electron chi connectivity index (χ4n) is 12.0. The van der Waals surface area contributed by atoms with E-state index in [1.165, 1.54) is 16.2 Å². The Morgan fingerprint density at radius 1 is 0.247 bits per heavy atom. The number of hydrogen-bond donors (Lipinski definition) is 0. The molecule has 0 unspecified atom stereocenters. The summed E-state index contributed by atoms with van der Waals surface area (Å²) in [5.74, 6) is 1.25. The second kappa shape index (κ2) is 15.2. The predicted molar refractivity (Wildman–Crippen MR) is 299 cm³/mol. The molecule has 16 rings (SSSR count). The maximum Gasteiger partial charge on any atom is 0.237 e. The van der Waals surface area contributed by atoms with Gasteiger partial charge in [-0.05, 0) is 66.7 Å². The molecule has 0 N–H and O–H groups in total. The summed E-state index contributed by atoms with van der Waals surface area (Å²) >= 11 is 0. The summed E-state index contributed by atoms with van der Waals surface area (Å²) < 4.78 is 11.7. The molecule has 0 atom stereocenters. The van der Waals surface area contributed by atoms with E-state index in [-0.39, 0.29) is 0 Å². The highest BCUT2D eigenvalue weighted by Crippen LogP contribution is 2.45. The van der Waals surface area contributed by atoms with Gasteiger partial charge < -0.3 is 9.13 Å². The summed E-state index contributed by atoms with van der Waals surface area (Å²) in [6.45, 7) is 0. The molecule has 340 valence electrons. The number of fused-ring (bicyclic) bond motifs is 15. The summed E-state index contributed by atoms with van der Waals surface area (Å²) in [5.41, 5.74) is 14.9. The van der Waals surface area contributed by atoms with E-state index in [1.807, 2.05) is 0 Å². The molecule has 10 aromatic carbocycles. The third kappa shape index (κ3) is 5.57. The molecule has 16 aromatic rings. The maximum absolute atomic E-state index is 5.79. The van der Waals surface area contributed by atoms with Crippen molar-refractivity contribution in [2.75, 3.05) is 0 Å². The fourth-order valence-corrected chi connectivity index (χ4v) is 12.0. The van der Waals surface area contributed by atoms with Gasteiger partial charge in [-0.25, -0.2) is 4.98 Å². The highest BCUT2D eigenvalue weighted by atomic mass is 15.3. The average molecular weight is 933 g/mol. The normalized spacial score (nSPS) is 12.1. The van der Waals surface area contributed by atoms with Gasteiger partial charge in [-0.2, -0.15) is 9.97 Å². The fraction of sp³-hybridized carbons (Fsp3) is 0. The third-order valence-electron chi connectivity index (χ3n) is 14.9. The van der Waals surface area contributed by atoms with Crippen LogP contribution in [0.5, 0.6) is 0 Å². The van der Waals surface area contributed by atoms with E-state index in [2.05, 4.69) is 265 Å². The second-order valence-corrected chi connectivity index (χ2v) is 18.8. The number of imidazole rings is 1. The van der Waals surface area contributed by atoms with Crippen LogP contribution in [0.1, 0.15) is 0 Å². The van der Waals surface area contributed by atoms with Crippen LogP contribution in [0.15, 0.2) is 243 Å². The number of rotatable bonds is 6. The van der Waals surface area contributed by atoms with Crippen molar-refractivity contribution in [2.24, 2.45) is 0 Å². The molecule has 0 saturated carbocycles. The minimum absolute atomic E-state index is 0.539. The summed E-state index contributed by atoms with van der Waals surface area (Å²) in [4.78, 5) is 17.2. The molecule has 6 heterocycles. The molecule has 0 aliphatic heterocycles. The summed E-state index contributed by atoms with van der Waals surface area (Å²) in [7, 11) is 0. The van der Waals surface area contributed by atoms with E-state index in [0.29, 0.717) is 17.5 Å². The van der Waals surface area contributed by atoms with Gasteiger partial charge >= 0.3 is 0 Å². The van der Waals surface area contributed by atoms with Crippen molar-refractivity contribution in [3.05, 3.63) is 243 Å². The second-order valence-electron chi connectivity index (χ2n) is 18.8. The van der Waals surface area contributed by atoms with E-state index in [0.717, 1.165) is 105 Å². The van der Waals surface area contributed by atoms with Crippen molar-refractivity contribution < 1.29 is 0 Å². The predicted octanol–water partition coefficient (Wildman–Crippen LogP) is 15.9. The van der Waals surface area contributed by atoms with E-state index < -0.39 is 0 Å². The Balaban J connectivity index is 1.07. The van der Waals surface area contributed by atoms with Crippen LogP contribution in [-0.2, 0) is 0 Å². The first-order valence-corrected chi connectivity index (χ1v) is 24.7. The molecule has 0 aliphatic rings. The SMILES string of the molecule is c1ccc(-c2nc(-n3c4ccccc4c4c3ccc3c5ccccc5n(-c5ccccc5)c34)nc3nc(-n4c5ccccc5c5ccc6c7ccccc7n(-c7ccccc7)c6c54)n(-c4ccccc4)c23)cc1. The molecule has 8 nitrogen and oxygen atoms in total. The zero-order valence-corrected chi connectivity index (χ0v) is 39.2. The minimum atomic E-state index is 0.539. The van der Waals surface area contributed by atoms with Crippen LogP contribution < -0.4 is 0 Å². The lowest BCUT2D eigenvalue weighted by Gasteiger charge is -2.15. The van der Waals surface area contributed by atoms with Gasteiger partial charge in [-0.1, -0.05) is 176 Å². The Morgan fingerprint density at radius 2 is 0.658 bits per heavy atom. The van der Waals surface area contributed by atoms with Crippen LogP contribution >= 0.6 is 0 Å². The first-order chi connectivity index (χ1) is 36.3. The van der Waals surface area contributed by atoms with Crippen LogP contribution in [-0.4, -0.2) is 37.8 Å². The lowest BCUT2D eigenvalue weighted by Crippen LogP contribution is -2.07. The number of aromatic nitrogens is 8. The molecule has 0 aliphatic carbocycles. The molecule has 6 aromatic heterocycles. The Morgan fingerprint density at radius 3 is 1.22 bits per heavy atom. The van der Waals surface area contributed by atoms with Gasteiger partial charge in [0.2, 0.25) is 11.9 Å². The molecule has 0 spiro atoms. The van der Waals surface area contributed by atoms with E-state index in [1.54, 1.807) is 0 Å². The molecule has 0 bridgehead atoms. The van der Waals surface area contributed by atoms with Gasteiger partial charge in [0.15, 0.2) is 5.65 Å². The maximum atomic E-state index is 5.79. The van der Waals surface area contributed by atoms with Gasteiger partial charge in [0.25, 0.3) is 0 Å². The summed E-state index contributed by atoms with van der Waals surface area (Å²) in [5, 5.41) is 9.26. The molecule has 0 fully saturated rings. The minimum Gasteiger partial charge on any atom is -0.309 e. The Bertz CT molecular complexity index is 4890. The Hall–Kier alpha value is -10.1. The van der Waals surface area contributed by atoms with Gasteiger partial charge in [-0.3, -0.25) is 13.7 Å². The smallest absolute Gasteiger partial charge is 0.237 e. The van der Waals surface area contributed by atoms with Crippen LogP contribution in [0.3, 0.4) is 0 Å². The summed E-state index contributed by atoms with van der Waals surface area (Å²) in [6, 6.07) is 86.4. The monoisotopic (exact) mass is 932 g/mol. The van der Waals surface area contributed by atoms with Crippen LogP contribution in [0.4, 0.5) is 0 Å². The number of hydrogen-bond acceptors (Lipinski definition) is 3. The van der Waals surface area contributed by atoms with Gasteiger partial charge in [-0.15, -0.1) is 0 Å². The first kappa shape index (κ1) is 39.8. The Kier molecular flexibility index (Phi) is 8.29. The van der Waals surface area contributed by atoms with Gasteiger partial charge in [0, 0.05) is 65.7 Å². The highest BCUT2D eigenvalue weighted by molar-refractivity contribution is 6.27. The van der Waals surface area contributed by atoms with E-state index in [9.17, 15) is 0 Å². The molecule has 8 heteroatoms. The Labute approximate surface area is 417 Å². The van der Waals surface area contributed by atoms with Crippen molar-refractivity contribution >= 4 is 98.4 Å². The van der Waals surface area contributed by atoms with Gasteiger partial charge in [0.05, 0.1) is 44.1 Å².